The van der Waals surface area contributed by atoms with E-state index in [2.05, 4.69) is 57.0 Å². The normalized spacial score (nSPS) is 11.1. The summed E-state index contributed by atoms with van der Waals surface area (Å²) in [7, 11) is 0. The lowest BCUT2D eigenvalue weighted by Gasteiger charge is -2.23. The molecular formula is C17H31N3. The standard InChI is InChI=1S/C17H31N3/c1-6-9-18-13-15-11-16(14(4)5)19-17(12-15)20(8-3)10-7-2/h11-12,14,18H,6-10,13H2,1-5H3. The SMILES string of the molecule is CCCNCc1cc(C(C)C)nc(N(CC)CCC)c1. The summed E-state index contributed by atoms with van der Waals surface area (Å²) in [6.07, 6.45) is 2.33. The summed E-state index contributed by atoms with van der Waals surface area (Å²) in [5.41, 5.74) is 2.55. The fraction of sp³-hybridized carbons (Fsp3) is 0.706. The molecule has 0 aliphatic heterocycles. The highest BCUT2D eigenvalue weighted by atomic mass is 15.2. The van der Waals surface area contributed by atoms with Gasteiger partial charge in [-0.05, 0) is 49.9 Å². The van der Waals surface area contributed by atoms with Gasteiger partial charge in [-0.1, -0.05) is 27.7 Å². The van der Waals surface area contributed by atoms with Gasteiger partial charge in [-0.2, -0.15) is 0 Å². The minimum Gasteiger partial charge on any atom is -0.357 e. The molecule has 1 heterocycles. The van der Waals surface area contributed by atoms with Gasteiger partial charge in [0.05, 0.1) is 0 Å². The molecule has 3 heteroatoms. The van der Waals surface area contributed by atoms with Crippen LogP contribution in [0.25, 0.3) is 0 Å². The van der Waals surface area contributed by atoms with E-state index in [0.29, 0.717) is 5.92 Å². The molecule has 114 valence electrons. The zero-order valence-corrected chi connectivity index (χ0v) is 13.9. The lowest BCUT2D eigenvalue weighted by molar-refractivity contribution is 0.671. The molecule has 1 aromatic rings. The van der Waals surface area contributed by atoms with E-state index in [1.165, 1.54) is 17.7 Å². The van der Waals surface area contributed by atoms with Crippen LogP contribution in [-0.4, -0.2) is 24.6 Å². The number of pyridine rings is 1. The van der Waals surface area contributed by atoms with Crippen LogP contribution in [0, 0.1) is 0 Å². The summed E-state index contributed by atoms with van der Waals surface area (Å²) in [6.45, 7) is 15.2. The topological polar surface area (TPSA) is 28.2 Å². The molecule has 0 aliphatic rings. The Hall–Kier alpha value is -1.09. The lowest BCUT2D eigenvalue weighted by atomic mass is 10.1. The maximum absolute atomic E-state index is 4.85. The van der Waals surface area contributed by atoms with Crippen molar-refractivity contribution in [3.63, 3.8) is 0 Å². The number of hydrogen-bond acceptors (Lipinski definition) is 3. The fourth-order valence-corrected chi connectivity index (χ4v) is 2.27. The molecule has 1 aromatic heterocycles. The van der Waals surface area contributed by atoms with Crippen LogP contribution in [0.5, 0.6) is 0 Å². The predicted molar refractivity (Wildman–Crippen MR) is 88.5 cm³/mol. The molecule has 0 aromatic carbocycles. The molecule has 0 atom stereocenters. The third-order valence-electron chi connectivity index (χ3n) is 3.44. The summed E-state index contributed by atoms with van der Waals surface area (Å²) in [5, 5.41) is 3.49. The number of hydrogen-bond donors (Lipinski definition) is 1. The number of nitrogens with one attached hydrogen (secondary N) is 1. The van der Waals surface area contributed by atoms with Crippen LogP contribution >= 0.6 is 0 Å². The molecule has 0 amide bonds. The monoisotopic (exact) mass is 277 g/mol. The lowest BCUT2D eigenvalue weighted by Crippen LogP contribution is -2.25. The number of rotatable bonds is 9. The van der Waals surface area contributed by atoms with E-state index in [9.17, 15) is 0 Å². The van der Waals surface area contributed by atoms with Gasteiger partial charge in [0.15, 0.2) is 0 Å². The van der Waals surface area contributed by atoms with E-state index in [0.717, 1.165) is 38.4 Å². The molecule has 0 unspecified atom stereocenters. The third-order valence-corrected chi connectivity index (χ3v) is 3.44. The van der Waals surface area contributed by atoms with E-state index in [-0.39, 0.29) is 0 Å². The van der Waals surface area contributed by atoms with E-state index in [4.69, 9.17) is 4.98 Å². The van der Waals surface area contributed by atoms with E-state index in [1.54, 1.807) is 0 Å². The van der Waals surface area contributed by atoms with Crippen LogP contribution in [0.4, 0.5) is 5.82 Å². The summed E-state index contributed by atoms with van der Waals surface area (Å²) in [6, 6.07) is 4.49. The Labute approximate surface area is 124 Å². The first-order valence-electron chi connectivity index (χ1n) is 8.08. The smallest absolute Gasteiger partial charge is 0.129 e. The summed E-state index contributed by atoms with van der Waals surface area (Å²) < 4.78 is 0. The molecular weight excluding hydrogens is 246 g/mol. The largest absolute Gasteiger partial charge is 0.357 e. The Kier molecular flexibility index (Phi) is 7.60. The second-order valence-corrected chi connectivity index (χ2v) is 5.67. The van der Waals surface area contributed by atoms with Crippen molar-refractivity contribution < 1.29 is 0 Å². The van der Waals surface area contributed by atoms with Gasteiger partial charge < -0.3 is 10.2 Å². The van der Waals surface area contributed by atoms with E-state index >= 15 is 0 Å². The van der Waals surface area contributed by atoms with Crippen LogP contribution in [0.15, 0.2) is 12.1 Å². The fourth-order valence-electron chi connectivity index (χ4n) is 2.27. The molecule has 1 N–H and O–H groups in total. The van der Waals surface area contributed by atoms with E-state index < -0.39 is 0 Å². The molecule has 0 saturated heterocycles. The number of aromatic nitrogens is 1. The van der Waals surface area contributed by atoms with Crippen LogP contribution < -0.4 is 10.2 Å². The second kappa shape index (κ2) is 8.96. The quantitative estimate of drug-likeness (QED) is 0.693. The van der Waals surface area contributed by atoms with Gasteiger partial charge in [0, 0.05) is 25.3 Å². The summed E-state index contributed by atoms with van der Waals surface area (Å²) in [4.78, 5) is 7.22. The van der Waals surface area contributed by atoms with Gasteiger partial charge in [-0.15, -0.1) is 0 Å². The highest BCUT2D eigenvalue weighted by molar-refractivity contribution is 5.43. The highest BCUT2D eigenvalue weighted by Gasteiger charge is 2.10. The van der Waals surface area contributed by atoms with Gasteiger partial charge in [0.2, 0.25) is 0 Å². The van der Waals surface area contributed by atoms with Crippen molar-refractivity contribution in [2.75, 3.05) is 24.5 Å². The van der Waals surface area contributed by atoms with Crippen molar-refractivity contribution >= 4 is 5.82 Å². The highest BCUT2D eigenvalue weighted by Crippen LogP contribution is 2.20. The van der Waals surface area contributed by atoms with Gasteiger partial charge in [0.25, 0.3) is 0 Å². The average molecular weight is 277 g/mol. The molecule has 0 spiro atoms. The first-order chi connectivity index (χ1) is 9.62. The maximum atomic E-state index is 4.85. The summed E-state index contributed by atoms with van der Waals surface area (Å²) in [5.74, 6) is 1.61. The number of anilines is 1. The van der Waals surface area contributed by atoms with Crippen molar-refractivity contribution in [3.05, 3.63) is 23.4 Å². The summed E-state index contributed by atoms with van der Waals surface area (Å²) >= 11 is 0. The van der Waals surface area contributed by atoms with Crippen molar-refractivity contribution in [3.8, 4) is 0 Å². The Balaban J connectivity index is 2.96. The molecule has 0 radical (unpaired) electrons. The number of nitrogens with zero attached hydrogens (tertiary/aromatic N) is 2. The zero-order chi connectivity index (χ0) is 15.0. The minimum atomic E-state index is 0.472. The Morgan fingerprint density at radius 2 is 1.90 bits per heavy atom. The molecule has 3 nitrogen and oxygen atoms in total. The Morgan fingerprint density at radius 3 is 2.45 bits per heavy atom. The van der Waals surface area contributed by atoms with Gasteiger partial charge in [-0.25, -0.2) is 4.98 Å². The maximum Gasteiger partial charge on any atom is 0.129 e. The van der Waals surface area contributed by atoms with Crippen molar-refractivity contribution in [1.82, 2.24) is 10.3 Å². The van der Waals surface area contributed by atoms with Crippen LogP contribution in [0.2, 0.25) is 0 Å². The molecule has 1 rings (SSSR count). The minimum absolute atomic E-state index is 0.472. The third kappa shape index (κ3) is 5.12. The van der Waals surface area contributed by atoms with Crippen LogP contribution in [0.3, 0.4) is 0 Å². The molecule has 20 heavy (non-hydrogen) atoms. The molecule has 0 fully saturated rings. The Morgan fingerprint density at radius 1 is 1.15 bits per heavy atom. The predicted octanol–water partition coefficient (Wildman–Crippen LogP) is 3.94. The van der Waals surface area contributed by atoms with E-state index in [1.807, 2.05) is 0 Å². The average Bonchev–Trinajstić information content (AvgIpc) is 2.44. The van der Waals surface area contributed by atoms with Gasteiger partial charge in [-0.3, -0.25) is 0 Å². The Bertz CT molecular complexity index is 388. The van der Waals surface area contributed by atoms with Crippen molar-refractivity contribution in [2.24, 2.45) is 0 Å². The van der Waals surface area contributed by atoms with Gasteiger partial charge >= 0.3 is 0 Å². The van der Waals surface area contributed by atoms with Crippen LogP contribution in [0.1, 0.15) is 64.6 Å². The van der Waals surface area contributed by atoms with Crippen molar-refractivity contribution in [2.45, 2.75) is 59.9 Å². The second-order valence-electron chi connectivity index (χ2n) is 5.67. The molecule has 0 bridgehead atoms. The zero-order valence-electron chi connectivity index (χ0n) is 13.9. The van der Waals surface area contributed by atoms with Crippen LogP contribution in [-0.2, 0) is 6.54 Å². The van der Waals surface area contributed by atoms with Crippen molar-refractivity contribution in [1.29, 1.82) is 0 Å². The first kappa shape index (κ1) is 17.0. The molecule has 0 aliphatic carbocycles. The first-order valence-corrected chi connectivity index (χ1v) is 8.08. The molecule has 0 saturated carbocycles. The van der Waals surface area contributed by atoms with Gasteiger partial charge in [0.1, 0.15) is 5.82 Å².